The highest BCUT2D eigenvalue weighted by molar-refractivity contribution is 4.69. The molecule has 0 radical (unpaired) electrons. The summed E-state index contributed by atoms with van der Waals surface area (Å²) >= 11 is 0. The van der Waals surface area contributed by atoms with Gasteiger partial charge in [0.2, 0.25) is 0 Å². The van der Waals surface area contributed by atoms with Crippen LogP contribution in [0.5, 0.6) is 0 Å². The van der Waals surface area contributed by atoms with E-state index in [-0.39, 0.29) is 52.6 Å². The Morgan fingerprint density at radius 2 is 0.706 bits per heavy atom. The Labute approximate surface area is 203 Å². The molecule has 0 bridgehead atoms. The lowest BCUT2D eigenvalue weighted by Gasteiger charge is -2.26. The van der Waals surface area contributed by atoms with Crippen LogP contribution in [-0.2, 0) is 9.47 Å². The zero-order valence-electron chi connectivity index (χ0n) is 20.3. The second kappa shape index (κ2) is 23.0. The molecule has 0 saturated heterocycles. The molecule has 0 aliphatic heterocycles. The van der Waals surface area contributed by atoms with Gasteiger partial charge >= 0.3 is 0 Å². The van der Waals surface area contributed by atoms with Crippen LogP contribution in [0, 0.1) is 0 Å². The summed E-state index contributed by atoms with van der Waals surface area (Å²) < 4.78 is 11.2. The third kappa shape index (κ3) is 19.8. The summed E-state index contributed by atoms with van der Waals surface area (Å²) in [5, 5.41) is 74.3. The average molecular weight is 501 g/mol. The van der Waals surface area contributed by atoms with Crippen LogP contribution in [0.2, 0.25) is 0 Å². The molecular weight excluding hydrogens is 452 g/mol. The number of unbranched alkanes of at least 4 members (excludes halogenated alkanes) is 1. The molecule has 206 valence electrons. The molecule has 4 unspecified atom stereocenters. The maximum Gasteiger partial charge on any atom is 0.0897 e. The lowest BCUT2D eigenvalue weighted by Crippen LogP contribution is -2.41. The van der Waals surface area contributed by atoms with Gasteiger partial charge in [-0.1, -0.05) is 0 Å². The number of ether oxygens (including phenoxy) is 2. The van der Waals surface area contributed by atoms with E-state index >= 15 is 0 Å². The van der Waals surface area contributed by atoms with E-state index in [1.165, 1.54) is 0 Å². The minimum Gasteiger partial charge on any atom is -0.394 e. The predicted octanol–water partition coefficient (Wildman–Crippen LogP) is -3.40. The molecule has 0 spiro atoms. The third-order valence-electron chi connectivity index (χ3n) is 5.07. The van der Waals surface area contributed by atoms with Crippen molar-refractivity contribution in [2.75, 3.05) is 92.1 Å². The molecule has 0 rings (SSSR count). The fraction of sp³-hybridized carbons (Fsp3) is 1.00. The number of rotatable bonds is 25. The Hall–Kier alpha value is -0.480. The van der Waals surface area contributed by atoms with Crippen molar-refractivity contribution in [2.45, 2.75) is 50.1 Å². The average Bonchev–Trinajstić information content (AvgIpc) is 2.83. The normalized spacial score (nSPS) is 15.7. The van der Waals surface area contributed by atoms with Gasteiger partial charge in [0.1, 0.15) is 0 Å². The predicted molar refractivity (Wildman–Crippen MR) is 125 cm³/mol. The maximum absolute atomic E-state index is 9.59. The first-order valence-electron chi connectivity index (χ1n) is 12.1. The summed E-state index contributed by atoms with van der Waals surface area (Å²) in [7, 11) is 0. The van der Waals surface area contributed by atoms with Crippen molar-refractivity contribution >= 4 is 0 Å². The second-order valence-corrected chi connectivity index (χ2v) is 8.50. The fourth-order valence-electron chi connectivity index (χ4n) is 3.33. The number of aliphatic hydroxyl groups is 8. The molecule has 0 aromatic rings. The van der Waals surface area contributed by atoms with Gasteiger partial charge < -0.3 is 50.3 Å². The van der Waals surface area contributed by atoms with Gasteiger partial charge in [0.25, 0.3) is 0 Å². The van der Waals surface area contributed by atoms with Crippen molar-refractivity contribution < 1.29 is 50.3 Å². The molecule has 12 nitrogen and oxygen atoms in total. The molecule has 0 aliphatic carbocycles. The lowest BCUT2D eigenvalue weighted by atomic mass is 10.2. The lowest BCUT2D eigenvalue weighted by molar-refractivity contribution is 0.0181. The summed E-state index contributed by atoms with van der Waals surface area (Å²) in [6.07, 6.45) is -0.508. The van der Waals surface area contributed by atoms with Crippen LogP contribution in [0.15, 0.2) is 0 Å². The number of aliphatic hydroxyl groups excluding tert-OH is 8. The van der Waals surface area contributed by atoms with Gasteiger partial charge in [0, 0.05) is 65.7 Å². The van der Waals surface area contributed by atoms with E-state index in [9.17, 15) is 20.4 Å². The fourth-order valence-corrected chi connectivity index (χ4v) is 3.33. The summed E-state index contributed by atoms with van der Waals surface area (Å²) in [6, 6.07) is 0. The summed E-state index contributed by atoms with van der Waals surface area (Å²) in [5.41, 5.74) is 0. The molecule has 0 fully saturated rings. The number of hydrogen-bond donors (Lipinski definition) is 8. The molecule has 0 heterocycles. The van der Waals surface area contributed by atoms with Gasteiger partial charge in [-0.3, -0.25) is 9.80 Å². The highest BCUT2D eigenvalue weighted by Crippen LogP contribution is 2.01. The highest BCUT2D eigenvalue weighted by Gasteiger charge is 2.15. The van der Waals surface area contributed by atoms with Crippen LogP contribution in [-0.4, -0.2) is 167 Å². The van der Waals surface area contributed by atoms with Crippen molar-refractivity contribution in [3.8, 4) is 0 Å². The SMILES string of the molecule is OCC(O)CN(CCCOCCCCOCCCN(CC(O)CO)CC(O)CO)CC(O)CO. The quantitative estimate of drug-likeness (QED) is 0.0582. The Bertz CT molecular complexity index is 376. The Morgan fingerprint density at radius 1 is 0.441 bits per heavy atom. The van der Waals surface area contributed by atoms with E-state index < -0.39 is 24.4 Å². The van der Waals surface area contributed by atoms with Crippen molar-refractivity contribution in [1.29, 1.82) is 0 Å². The number of nitrogens with zero attached hydrogens (tertiary/aromatic N) is 2. The highest BCUT2D eigenvalue weighted by atomic mass is 16.5. The van der Waals surface area contributed by atoms with Gasteiger partial charge in [-0.2, -0.15) is 0 Å². The first-order chi connectivity index (χ1) is 16.4. The van der Waals surface area contributed by atoms with E-state index in [1.807, 2.05) is 0 Å². The van der Waals surface area contributed by atoms with Crippen LogP contribution in [0.4, 0.5) is 0 Å². The first-order valence-corrected chi connectivity index (χ1v) is 12.1. The molecule has 0 aromatic carbocycles. The Kier molecular flexibility index (Phi) is 22.6. The topological polar surface area (TPSA) is 187 Å². The summed E-state index contributed by atoms with van der Waals surface area (Å²) in [4.78, 5) is 3.57. The molecule has 12 heteroatoms. The van der Waals surface area contributed by atoms with Crippen LogP contribution < -0.4 is 0 Å². The van der Waals surface area contributed by atoms with Gasteiger partial charge in [0.15, 0.2) is 0 Å². The summed E-state index contributed by atoms with van der Waals surface area (Å²) in [6.45, 7) is 2.79. The molecule has 0 amide bonds. The van der Waals surface area contributed by atoms with E-state index in [0.717, 1.165) is 12.8 Å². The number of hydrogen-bond acceptors (Lipinski definition) is 12. The largest absolute Gasteiger partial charge is 0.394 e. The molecular formula is C22H48N2O10. The van der Waals surface area contributed by atoms with Crippen LogP contribution in [0.3, 0.4) is 0 Å². The van der Waals surface area contributed by atoms with Gasteiger partial charge in [-0.15, -0.1) is 0 Å². The minimum atomic E-state index is -0.894. The standard InChI is InChI=1S/C22H48N2O10/c25-15-19(29)11-23(12-20(30)16-26)5-3-9-33-7-1-2-8-34-10-4-6-24(13-21(31)17-27)14-22(32)18-28/h19-22,25-32H,1-18H2. The van der Waals surface area contributed by atoms with Crippen LogP contribution in [0.1, 0.15) is 25.7 Å². The van der Waals surface area contributed by atoms with Crippen LogP contribution >= 0.6 is 0 Å². The van der Waals surface area contributed by atoms with Gasteiger partial charge in [0.05, 0.1) is 50.8 Å². The smallest absolute Gasteiger partial charge is 0.0897 e. The third-order valence-corrected chi connectivity index (χ3v) is 5.07. The van der Waals surface area contributed by atoms with Gasteiger partial charge in [-0.05, 0) is 25.7 Å². The zero-order chi connectivity index (χ0) is 25.6. The molecule has 0 saturated carbocycles. The van der Waals surface area contributed by atoms with E-state index in [2.05, 4.69) is 0 Å². The molecule has 34 heavy (non-hydrogen) atoms. The monoisotopic (exact) mass is 500 g/mol. The second-order valence-electron chi connectivity index (χ2n) is 8.50. The van der Waals surface area contributed by atoms with Crippen molar-refractivity contribution in [2.24, 2.45) is 0 Å². The minimum absolute atomic E-state index is 0.215. The van der Waals surface area contributed by atoms with Crippen molar-refractivity contribution in [1.82, 2.24) is 9.80 Å². The van der Waals surface area contributed by atoms with E-state index in [4.69, 9.17) is 29.9 Å². The molecule has 4 atom stereocenters. The van der Waals surface area contributed by atoms with Gasteiger partial charge in [-0.25, -0.2) is 0 Å². The van der Waals surface area contributed by atoms with E-state index in [1.54, 1.807) is 9.80 Å². The summed E-state index contributed by atoms with van der Waals surface area (Å²) in [5.74, 6) is 0. The van der Waals surface area contributed by atoms with E-state index in [0.29, 0.717) is 52.4 Å². The Balaban J connectivity index is 3.78. The van der Waals surface area contributed by atoms with Crippen molar-refractivity contribution in [3.63, 3.8) is 0 Å². The van der Waals surface area contributed by atoms with Crippen molar-refractivity contribution in [3.05, 3.63) is 0 Å². The Morgan fingerprint density at radius 3 is 0.971 bits per heavy atom. The zero-order valence-corrected chi connectivity index (χ0v) is 20.3. The molecule has 0 aliphatic rings. The van der Waals surface area contributed by atoms with Crippen LogP contribution in [0.25, 0.3) is 0 Å². The first kappa shape index (κ1) is 33.5. The molecule has 8 N–H and O–H groups in total. The molecule has 0 aromatic heterocycles. The maximum atomic E-state index is 9.59.